The predicted octanol–water partition coefficient (Wildman–Crippen LogP) is 2.47. The van der Waals surface area contributed by atoms with Crippen LogP contribution in [0.1, 0.15) is 25.5 Å². The van der Waals surface area contributed by atoms with Crippen LogP contribution in [0.2, 0.25) is 5.15 Å². The van der Waals surface area contributed by atoms with Gasteiger partial charge >= 0.3 is 0 Å². The highest BCUT2D eigenvalue weighted by molar-refractivity contribution is 6.29. The fourth-order valence-electron chi connectivity index (χ4n) is 2.24. The van der Waals surface area contributed by atoms with Gasteiger partial charge in [0.2, 0.25) is 5.91 Å². The van der Waals surface area contributed by atoms with Gasteiger partial charge in [0, 0.05) is 26.1 Å². The SMILES string of the molecule is CC(=O)N1CCC(Nc2ccc(Cl)nc2C)CC1. The Morgan fingerprint density at radius 2 is 2.11 bits per heavy atom. The average Bonchev–Trinajstić information content (AvgIpc) is 2.33. The van der Waals surface area contributed by atoms with Gasteiger partial charge in [0.05, 0.1) is 11.4 Å². The first-order valence-electron chi connectivity index (χ1n) is 6.21. The van der Waals surface area contributed by atoms with E-state index in [0.29, 0.717) is 11.2 Å². The van der Waals surface area contributed by atoms with Gasteiger partial charge in [-0.25, -0.2) is 4.98 Å². The number of hydrogen-bond acceptors (Lipinski definition) is 3. The standard InChI is InChI=1S/C13H18ClN3O/c1-9-12(3-4-13(14)15-9)16-11-5-7-17(8-6-11)10(2)18/h3-4,11,16H,5-8H2,1-2H3. The number of piperidine rings is 1. The van der Waals surface area contributed by atoms with Crippen LogP contribution in [0.4, 0.5) is 5.69 Å². The number of pyridine rings is 1. The van der Waals surface area contributed by atoms with Crippen LogP contribution in [0, 0.1) is 6.92 Å². The Morgan fingerprint density at radius 1 is 1.44 bits per heavy atom. The first kappa shape index (κ1) is 13.1. The topological polar surface area (TPSA) is 45.2 Å². The van der Waals surface area contributed by atoms with Crippen molar-refractivity contribution in [2.24, 2.45) is 0 Å². The quantitative estimate of drug-likeness (QED) is 0.838. The highest BCUT2D eigenvalue weighted by Crippen LogP contribution is 2.20. The molecule has 0 unspecified atom stereocenters. The number of aryl methyl sites for hydroxylation is 1. The molecule has 2 rings (SSSR count). The summed E-state index contributed by atoms with van der Waals surface area (Å²) in [6.07, 6.45) is 1.95. The first-order chi connectivity index (χ1) is 8.56. The van der Waals surface area contributed by atoms with Crippen LogP contribution in [0.5, 0.6) is 0 Å². The van der Waals surface area contributed by atoms with Crippen molar-refractivity contribution in [2.45, 2.75) is 32.7 Å². The van der Waals surface area contributed by atoms with Gasteiger partial charge < -0.3 is 10.2 Å². The summed E-state index contributed by atoms with van der Waals surface area (Å²) in [5, 5.41) is 3.99. The third-order valence-corrected chi connectivity index (χ3v) is 3.56. The van der Waals surface area contributed by atoms with Gasteiger partial charge in [-0.15, -0.1) is 0 Å². The van der Waals surface area contributed by atoms with E-state index in [2.05, 4.69) is 10.3 Å². The highest BCUT2D eigenvalue weighted by Gasteiger charge is 2.20. The van der Waals surface area contributed by atoms with Crippen molar-refractivity contribution in [3.8, 4) is 0 Å². The molecule has 0 aromatic carbocycles. The number of nitrogens with zero attached hydrogens (tertiary/aromatic N) is 2. The molecule has 0 saturated carbocycles. The molecule has 18 heavy (non-hydrogen) atoms. The molecule has 0 radical (unpaired) electrons. The Labute approximate surface area is 112 Å². The zero-order valence-corrected chi connectivity index (χ0v) is 11.5. The van der Waals surface area contributed by atoms with E-state index in [1.807, 2.05) is 17.9 Å². The van der Waals surface area contributed by atoms with Crippen LogP contribution in [0.25, 0.3) is 0 Å². The fraction of sp³-hybridized carbons (Fsp3) is 0.538. The summed E-state index contributed by atoms with van der Waals surface area (Å²) in [7, 11) is 0. The smallest absolute Gasteiger partial charge is 0.219 e. The number of amides is 1. The maximum absolute atomic E-state index is 11.2. The molecular weight excluding hydrogens is 250 g/mol. The van der Waals surface area contributed by atoms with Gasteiger partial charge in [0.25, 0.3) is 0 Å². The van der Waals surface area contributed by atoms with E-state index in [1.165, 1.54) is 0 Å². The molecule has 0 spiro atoms. The van der Waals surface area contributed by atoms with E-state index in [9.17, 15) is 4.79 Å². The number of carbonyl (C=O) groups is 1. The van der Waals surface area contributed by atoms with Gasteiger partial charge in [-0.2, -0.15) is 0 Å². The lowest BCUT2D eigenvalue weighted by Gasteiger charge is -2.32. The number of likely N-dealkylation sites (tertiary alicyclic amines) is 1. The zero-order chi connectivity index (χ0) is 13.1. The van der Waals surface area contributed by atoms with Crippen molar-refractivity contribution < 1.29 is 4.79 Å². The Balaban J connectivity index is 1.93. The lowest BCUT2D eigenvalue weighted by molar-refractivity contribution is -0.129. The van der Waals surface area contributed by atoms with Gasteiger partial charge in [-0.05, 0) is 31.9 Å². The van der Waals surface area contributed by atoms with Crippen molar-refractivity contribution in [1.82, 2.24) is 9.88 Å². The lowest BCUT2D eigenvalue weighted by Crippen LogP contribution is -2.41. The van der Waals surface area contributed by atoms with Crippen LogP contribution in [-0.4, -0.2) is 34.9 Å². The molecular formula is C13H18ClN3O. The first-order valence-corrected chi connectivity index (χ1v) is 6.59. The molecule has 1 fully saturated rings. The molecule has 1 aromatic rings. The van der Waals surface area contributed by atoms with Crippen molar-refractivity contribution in [1.29, 1.82) is 0 Å². The lowest BCUT2D eigenvalue weighted by atomic mass is 10.0. The van der Waals surface area contributed by atoms with E-state index < -0.39 is 0 Å². The van der Waals surface area contributed by atoms with Crippen LogP contribution >= 0.6 is 11.6 Å². The molecule has 98 valence electrons. The Bertz CT molecular complexity index is 442. The third-order valence-electron chi connectivity index (χ3n) is 3.35. The van der Waals surface area contributed by atoms with E-state index in [1.54, 1.807) is 13.0 Å². The molecule has 1 aliphatic heterocycles. The van der Waals surface area contributed by atoms with Gasteiger partial charge in [0.15, 0.2) is 0 Å². The van der Waals surface area contributed by atoms with E-state index >= 15 is 0 Å². The largest absolute Gasteiger partial charge is 0.381 e. The Hall–Kier alpha value is -1.29. The number of rotatable bonds is 2. The zero-order valence-electron chi connectivity index (χ0n) is 10.7. The van der Waals surface area contributed by atoms with Gasteiger partial charge in [0.1, 0.15) is 5.15 Å². The normalized spacial score (nSPS) is 16.7. The summed E-state index contributed by atoms with van der Waals surface area (Å²) in [5.74, 6) is 0.165. The highest BCUT2D eigenvalue weighted by atomic mass is 35.5. The summed E-state index contributed by atoms with van der Waals surface area (Å²) in [6.45, 7) is 5.22. The van der Waals surface area contributed by atoms with Crippen LogP contribution in [0.3, 0.4) is 0 Å². The van der Waals surface area contributed by atoms with Crippen LogP contribution in [0.15, 0.2) is 12.1 Å². The number of hydrogen-bond donors (Lipinski definition) is 1. The summed E-state index contributed by atoms with van der Waals surface area (Å²) in [4.78, 5) is 17.4. The number of anilines is 1. The second kappa shape index (κ2) is 5.57. The molecule has 1 N–H and O–H groups in total. The number of halogens is 1. The fourth-order valence-corrected chi connectivity index (χ4v) is 2.43. The maximum Gasteiger partial charge on any atom is 0.219 e. The van der Waals surface area contributed by atoms with Gasteiger partial charge in [-0.1, -0.05) is 11.6 Å². The monoisotopic (exact) mass is 267 g/mol. The molecule has 1 saturated heterocycles. The minimum absolute atomic E-state index is 0.165. The number of carbonyl (C=O) groups excluding carboxylic acids is 1. The molecule has 1 amide bonds. The molecule has 1 aromatic heterocycles. The number of nitrogens with one attached hydrogen (secondary N) is 1. The van der Waals surface area contributed by atoms with E-state index in [-0.39, 0.29) is 5.91 Å². The van der Waals surface area contributed by atoms with Crippen LogP contribution < -0.4 is 5.32 Å². The average molecular weight is 268 g/mol. The van der Waals surface area contributed by atoms with Crippen LogP contribution in [-0.2, 0) is 4.79 Å². The number of aromatic nitrogens is 1. The predicted molar refractivity (Wildman–Crippen MR) is 72.9 cm³/mol. The Kier molecular flexibility index (Phi) is 4.07. The molecule has 1 aliphatic rings. The Morgan fingerprint density at radius 3 is 2.67 bits per heavy atom. The molecule has 5 heteroatoms. The van der Waals surface area contributed by atoms with Crippen molar-refractivity contribution >= 4 is 23.2 Å². The second-order valence-corrected chi connectivity index (χ2v) is 5.08. The summed E-state index contributed by atoms with van der Waals surface area (Å²) in [6, 6.07) is 4.16. The van der Waals surface area contributed by atoms with E-state index in [4.69, 9.17) is 11.6 Å². The van der Waals surface area contributed by atoms with Crippen molar-refractivity contribution in [3.63, 3.8) is 0 Å². The third kappa shape index (κ3) is 3.13. The summed E-state index contributed by atoms with van der Waals surface area (Å²) in [5.41, 5.74) is 1.94. The molecule has 0 aliphatic carbocycles. The van der Waals surface area contributed by atoms with Gasteiger partial charge in [-0.3, -0.25) is 4.79 Å². The molecule has 4 nitrogen and oxygen atoms in total. The minimum atomic E-state index is 0.165. The summed E-state index contributed by atoms with van der Waals surface area (Å²) < 4.78 is 0. The molecule has 0 bridgehead atoms. The van der Waals surface area contributed by atoms with E-state index in [0.717, 1.165) is 37.3 Å². The molecule has 0 atom stereocenters. The summed E-state index contributed by atoms with van der Waals surface area (Å²) >= 11 is 5.83. The second-order valence-electron chi connectivity index (χ2n) is 4.69. The van der Waals surface area contributed by atoms with Crippen molar-refractivity contribution in [3.05, 3.63) is 23.0 Å². The van der Waals surface area contributed by atoms with Crippen molar-refractivity contribution in [2.75, 3.05) is 18.4 Å². The minimum Gasteiger partial charge on any atom is -0.381 e. The molecule has 2 heterocycles. The maximum atomic E-state index is 11.2.